The van der Waals surface area contributed by atoms with Gasteiger partial charge in [-0.15, -0.1) is 0 Å². The molecule has 1 unspecified atom stereocenters. The van der Waals surface area contributed by atoms with Crippen LogP contribution in [0.1, 0.15) is 23.8 Å². The van der Waals surface area contributed by atoms with Gasteiger partial charge in [-0.05, 0) is 25.1 Å². The Morgan fingerprint density at radius 3 is 2.70 bits per heavy atom. The Morgan fingerprint density at radius 2 is 2.13 bits per heavy atom. The van der Waals surface area contributed by atoms with E-state index in [1.165, 1.54) is 13.2 Å². The smallest absolute Gasteiger partial charge is 0.326 e. The summed E-state index contributed by atoms with van der Waals surface area (Å²) in [6, 6.07) is 4.93. The molecule has 23 heavy (non-hydrogen) atoms. The van der Waals surface area contributed by atoms with E-state index in [2.05, 4.69) is 10.3 Å². The Hall–Kier alpha value is -2.64. The fourth-order valence-electron chi connectivity index (χ4n) is 2.22. The lowest BCUT2D eigenvalue weighted by molar-refractivity contribution is -0.141. The van der Waals surface area contributed by atoms with Crippen molar-refractivity contribution in [2.24, 2.45) is 0 Å². The lowest BCUT2D eigenvalue weighted by Gasteiger charge is -2.18. The van der Waals surface area contributed by atoms with Crippen molar-refractivity contribution in [3.8, 4) is 5.75 Å². The summed E-state index contributed by atoms with van der Waals surface area (Å²) in [6.45, 7) is 0.600. The maximum atomic E-state index is 13.0. The molecule has 1 atom stereocenters. The third-order valence-electron chi connectivity index (χ3n) is 3.25. The number of aromatic amines is 1. The number of carboxylic acids is 1. The van der Waals surface area contributed by atoms with Gasteiger partial charge < -0.3 is 20.1 Å². The largest absolute Gasteiger partial charge is 0.496 e. The number of carbonyl (C=O) groups is 2. The van der Waals surface area contributed by atoms with Gasteiger partial charge in [0.05, 0.1) is 7.11 Å². The third kappa shape index (κ3) is 3.97. The molecule has 1 aromatic heterocycles. The highest BCUT2D eigenvalue weighted by Crippen LogP contribution is 2.26. The maximum absolute atomic E-state index is 13.0. The number of alkyl halides is 2. The van der Waals surface area contributed by atoms with Crippen LogP contribution in [0.4, 0.5) is 8.78 Å². The second-order valence-corrected chi connectivity index (χ2v) is 5.24. The van der Waals surface area contributed by atoms with Crippen LogP contribution in [-0.4, -0.2) is 41.0 Å². The molecular weight excluding hydrogens is 310 g/mol. The molecule has 0 spiro atoms. The van der Waals surface area contributed by atoms with E-state index >= 15 is 0 Å². The molecule has 0 saturated heterocycles. The highest BCUT2D eigenvalue weighted by Gasteiger charge is 2.32. The Bertz CT molecular complexity index is 737. The number of fused-ring (bicyclic) bond motifs is 1. The Labute approximate surface area is 130 Å². The summed E-state index contributed by atoms with van der Waals surface area (Å²) in [5, 5.41) is 11.7. The van der Waals surface area contributed by atoms with Crippen molar-refractivity contribution in [3.05, 3.63) is 30.0 Å². The quantitative estimate of drug-likeness (QED) is 0.760. The number of nitrogens with one attached hydrogen (secondary N) is 2. The van der Waals surface area contributed by atoms with Crippen molar-refractivity contribution in [2.75, 3.05) is 7.11 Å². The number of benzene rings is 1. The average Bonchev–Trinajstić information content (AvgIpc) is 2.88. The van der Waals surface area contributed by atoms with Gasteiger partial charge in [-0.1, -0.05) is 6.07 Å². The van der Waals surface area contributed by atoms with E-state index in [9.17, 15) is 18.4 Å². The number of rotatable bonds is 6. The molecule has 3 N–H and O–H groups in total. The molecule has 124 valence electrons. The number of H-pyrrole nitrogens is 1. The topological polar surface area (TPSA) is 91.4 Å². The molecule has 8 heteroatoms. The minimum Gasteiger partial charge on any atom is -0.496 e. The summed E-state index contributed by atoms with van der Waals surface area (Å²) >= 11 is 0. The van der Waals surface area contributed by atoms with Gasteiger partial charge in [0.25, 0.3) is 5.91 Å². The molecule has 1 amide bonds. The molecule has 1 heterocycles. The van der Waals surface area contributed by atoms with E-state index in [1.807, 2.05) is 0 Å². The van der Waals surface area contributed by atoms with Gasteiger partial charge >= 0.3 is 5.97 Å². The first-order valence-electron chi connectivity index (χ1n) is 6.78. The number of aliphatic carboxylic acids is 1. The van der Waals surface area contributed by atoms with Crippen LogP contribution in [0.15, 0.2) is 24.3 Å². The molecule has 2 rings (SSSR count). The number of hydrogen-bond acceptors (Lipinski definition) is 3. The van der Waals surface area contributed by atoms with Gasteiger partial charge in [0.1, 0.15) is 17.5 Å². The standard InChI is InChI=1S/C15H16F2N2O4/c1-15(16,17)7-11(14(21)22)19-13(20)10-6-8-9(18-10)4-3-5-12(8)23-2/h3-6,11,18H,7H2,1-2H3,(H,19,20)(H,21,22). The second-order valence-electron chi connectivity index (χ2n) is 5.24. The molecule has 0 aliphatic heterocycles. The van der Waals surface area contributed by atoms with Crippen molar-refractivity contribution >= 4 is 22.8 Å². The van der Waals surface area contributed by atoms with Crippen molar-refractivity contribution in [1.29, 1.82) is 0 Å². The highest BCUT2D eigenvalue weighted by atomic mass is 19.3. The number of amides is 1. The molecule has 0 aliphatic rings. The zero-order valence-corrected chi connectivity index (χ0v) is 12.5. The van der Waals surface area contributed by atoms with Gasteiger partial charge in [-0.3, -0.25) is 4.79 Å². The van der Waals surface area contributed by atoms with E-state index in [0.717, 1.165) is 0 Å². The fourth-order valence-corrected chi connectivity index (χ4v) is 2.22. The van der Waals surface area contributed by atoms with Gasteiger partial charge in [0.2, 0.25) is 5.92 Å². The number of halogens is 2. The maximum Gasteiger partial charge on any atom is 0.326 e. The number of ether oxygens (including phenoxy) is 1. The predicted octanol–water partition coefficient (Wildman–Crippen LogP) is 2.40. The minimum atomic E-state index is -3.21. The van der Waals surface area contributed by atoms with Crippen molar-refractivity contribution in [3.63, 3.8) is 0 Å². The summed E-state index contributed by atoms with van der Waals surface area (Å²) in [5.41, 5.74) is 0.678. The molecule has 0 fully saturated rings. The first kappa shape index (κ1) is 16.7. The van der Waals surface area contributed by atoms with E-state index < -0.39 is 30.3 Å². The molecule has 1 aromatic carbocycles. The molecule has 0 aliphatic carbocycles. The SMILES string of the molecule is COc1cccc2[nH]c(C(=O)NC(CC(C)(F)F)C(=O)O)cc12. The van der Waals surface area contributed by atoms with Crippen LogP contribution in [0, 0.1) is 0 Å². The third-order valence-corrected chi connectivity index (χ3v) is 3.25. The van der Waals surface area contributed by atoms with Gasteiger partial charge in [0.15, 0.2) is 0 Å². The predicted molar refractivity (Wildman–Crippen MR) is 79.0 cm³/mol. The Morgan fingerprint density at radius 1 is 1.43 bits per heavy atom. The summed E-state index contributed by atoms with van der Waals surface area (Å²) in [6.07, 6.45) is -0.988. The zero-order chi connectivity index (χ0) is 17.2. The first-order valence-corrected chi connectivity index (χ1v) is 6.78. The first-order chi connectivity index (χ1) is 10.7. The summed E-state index contributed by atoms with van der Waals surface area (Å²) < 4.78 is 31.2. The average molecular weight is 326 g/mol. The fraction of sp³-hybridized carbons (Fsp3) is 0.333. The van der Waals surface area contributed by atoms with Gasteiger partial charge in [-0.25, -0.2) is 13.6 Å². The molecule has 2 aromatic rings. The van der Waals surface area contributed by atoms with E-state index in [-0.39, 0.29) is 5.69 Å². The lowest BCUT2D eigenvalue weighted by atomic mass is 10.1. The van der Waals surface area contributed by atoms with Crippen LogP contribution in [-0.2, 0) is 4.79 Å². The van der Waals surface area contributed by atoms with Gasteiger partial charge in [-0.2, -0.15) is 0 Å². The number of aromatic nitrogens is 1. The van der Waals surface area contributed by atoms with Crippen molar-refractivity contribution in [2.45, 2.75) is 25.3 Å². The number of carbonyl (C=O) groups excluding carboxylic acids is 1. The molecule has 0 radical (unpaired) electrons. The Kier molecular flexibility index (Phi) is 4.53. The minimum absolute atomic E-state index is 0.0650. The zero-order valence-electron chi connectivity index (χ0n) is 12.5. The van der Waals surface area contributed by atoms with Crippen LogP contribution in [0.25, 0.3) is 10.9 Å². The molecule has 0 saturated carbocycles. The molecular formula is C15H16F2N2O4. The monoisotopic (exact) mass is 326 g/mol. The highest BCUT2D eigenvalue weighted by molar-refractivity contribution is 6.01. The van der Waals surface area contributed by atoms with Crippen molar-refractivity contribution in [1.82, 2.24) is 10.3 Å². The van der Waals surface area contributed by atoms with Gasteiger partial charge in [0, 0.05) is 17.3 Å². The van der Waals surface area contributed by atoms with E-state index in [1.54, 1.807) is 18.2 Å². The number of hydrogen-bond donors (Lipinski definition) is 3. The van der Waals surface area contributed by atoms with Crippen LogP contribution in [0.2, 0.25) is 0 Å². The van der Waals surface area contributed by atoms with Crippen molar-refractivity contribution < 1.29 is 28.2 Å². The van der Waals surface area contributed by atoms with E-state index in [0.29, 0.717) is 23.6 Å². The summed E-state index contributed by atoms with van der Waals surface area (Å²) in [5.74, 6) is -4.97. The van der Waals surface area contributed by atoms with E-state index in [4.69, 9.17) is 9.84 Å². The summed E-state index contributed by atoms with van der Waals surface area (Å²) in [7, 11) is 1.48. The lowest BCUT2D eigenvalue weighted by Crippen LogP contribution is -2.43. The van der Waals surface area contributed by atoms with Crippen LogP contribution in [0.5, 0.6) is 5.75 Å². The summed E-state index contributed by atoms with van der Waals surface area (Å²) in [4.78, 5) is 26.0. The van der Waals surface area contributed by atoms with Crippen LogP contribution >= 0.6 is 0 Å². The number of methoxy groups -OCH3 is 1. The van der Waals surface area contributed by atoms with Crippen LogP contribution in [0.3, 0.4) is 0 Å². The van der Waals surface area contributed by atoms with Crippen LogP contribution < -0.4 is 10.1 Å². The second kappa shape index (κ2) is 6.23. The Balaban J connectivity index is 2.24. The number of carboxylic acid groups (broad SMARTS) is 1. The molecule has 0 bridgehead atoms. The normalized spacial score (nSPS) is 12.9. The molecule has 6 nitrogen and oxygen atoms in total.